The van der Waals surface area contributed by atoms with Crippen molar-refractivity contribution in [3.8, 4) is 0 Å². The van der Waals surface area contributed by atoms with Gasteiger partial charge in [0.1, 0.15) is 0 Å². The van der Waals surface area contributed by atoms with Gasteiger partial charge >= 0.3 is 0 Å². The molecular weight excluding hydrogens is 210 g/mol. The van der Waals surface area contributed by atoms with E-state index in [1.54, 1.807) is 0 Å². The third-order valence-corrected chi connectivity index (χ3v) is 3.31. The number of carbonyl (C=O) groups is 1. The normalized spacial score (nSPS) is 12.9. The number of nitrogens with one attached hydrogen (secondary N) is 1. The number of hydrogen-bond donors (Lipinski definition) is 1. The minimum Gasteiger partial charge on any atom is -0.358 e. The predicted octanol–water partition coefficient (Wildman–Crippen LogP) is 4.10. The highest BCUT2D eigenvalue weighted by Gasteiger charge is 2.20. The number of rotatable bonds is 4. The third kappa shape index (κ3) is 2.12. The summed E-state index contributed by atoms with van der Waals surface area (Å²) in [4.78, 5) is 15.7. The first-order chi connectivity index (χ1) is 8.15. The smallest absolute Gasteiger partial charge is 0.168 e. The highest BCUT2D eigenvalue weighted by molar-refractivity contribution is 6.10. The van der Waals surface area contributed by atoms with Crippen LogP contribution < -0.4 is 0 Å². The van der Waals surface area contributed by atoms with Crippen LogP contribution in [0.4, 0.5) is 0 Å². The molecule has 0 saturated heterocycles. The average Bonchev–Trinajstić information content (AvgIpc) is 2.64. The van der Waals surface area contributed by atoms with Crippen LogP contribution in [-0.2, 0) is 0 Å². The first-order valence-corrected chi connectivity index (χ1v) is 6.26. The molecule has 0 aliphatic carbocycles. The van der Waals surface area contributed by atoms with Crippen molar-refractivity contribution in [3.05, 3.63) is 35.5 Å². The Morgan fingerprint density at radius 3 is 2.76 bits per heavy atom. The van der Waals surface area contributed by atoms with E-state index in [1.165, 1.54) is 0 Å². The van der Waals surface area contributed by atoms with Crippen molar-refractivity contribution >= 4 is 16.7 Å². The molecule has 1 heterocycles. The minimum absolute atomic E-state index is 0.109. The van der Waals surface area contributed by atoms with E-state index >= 15 is 0 Å². The Balaban J connectivity index is 2.47. The first kappa shape index (κ1) is 11.9. The van der Waals surface area contributed by atoms with Crippen molar-refractivity contribution in [2.75, 3.05) is 0 Å². The van der Waals surface area contributed by atoms with Crippen LogP contribution in [0.1, 0.15) is 42.7 Å². The van der Waals surface area contributed by atoms with Gasteiger partial charge < -0.3 is 4.98 Å². The highest BCUT2D eigenvalue weighted by Crippen LogP contribution is 2.25. The summed E-state index contributed by atoms with van der Waals surface area (Å²) in [6, 6.07) is 8.01. The van der Waals surface area contributed by atoms with Gasteiger partial charge in [-0.05, 0) is 19.4 Å². The number of aromatic nitrogens is 1. The van der Waals surface area contributed by atoms with E-state index in [4.69, 9.17) is 0 Å². The van der Waals surface area contributed by atoms with Gasteiger partial charge in [0.2, 0.25) is 0 Å². The number of para-hydroxylation sites is 1. The maximum Gasteiger partial charge on any atom is 0.168 e. The second-order valence-corrected chi connectivity index (χ2v) is 4.72. The van der Waals surface area contributed by atoms with Crippen LogP contribution in [-0.4, -0.2) is 10.8 Å². The fraction of sp³-hybridized carbons (Fsp3) is 0.400. The van der Waals surface area contributed by atoms with Gasteiger partial charge in [-0.25, -0.2) is 0 Å². The van der Waals surface area contributed by atoms with Crippen LogP contribution in [0.15, 0.2) is 24.3 Å². The SMILES string of the molecule is CCCC(C)C(=O)c1c(C)[nH]c2ccccc12. The molecule has 1 atom stereocenters. The van der Waals surface area contributed by atoms with E-state index in [0.29, 0.717) is 0 Å². The van der Waals surface area contributed by atoms with Gasteiger partial charge in [0.05, 0.1) is 0 Å². The average molecular weight is 229 g/mol. The maximum absolute atomic E-state index is 12.4. The number of aryl methyl sites for hydroxylation is 1. The molecule has 0 spiro atoms. The molecule has 0 aliphatic heterocycles. The molecule has 1 aromatic heterocycles. The van der Waals surface area contributed by atoms with E-state index in [-0.39, 0.29) is 11.7 Å². The van der Waals surface area contributed by atoms with E-state index < -0.39 is 0 Å². The molecule has 0 fully saturated rings. The summed E-state index contributed by atoms with van der Waals surface area (Å²) >= 11 is 0. The summed E-state index contributed by atoms with van der Waals surface area (Å²) in [6.07, 6.45) is 2.01. The summed E-state index contributed by atoms with van der Waals surface area (Å²) in [5.74, 6) is 0.375. The number of H-pyrrole nitrogens is 1. The number of ketones is 1. The van der Waals surface area contributed by atoms with Crippen LogP contribution in [0.5, 0.6) is 0 Å². The molecule has 1 unspecified atom stereocenters. The molecule has 0 aliphatic rings. The number of benzene rings is 1. The van der Waals surface area contributed by atoms with Gasteiger partial charge in [-0.1, -0.05) is 38.5 Å². The van der Waals surface area contributed by atoms with Gasteiger partial charge in [0, 0.05) is 28.1 Å². The number of Topliss-reactive ketones (excluding diaryl/α,β-unsaturated/α-hetero) is 1. The monoisotopic (exact) mass is 229 g/mol. The minimum atomic E-state index is 0.109. The molecule has 0 saturated carbocycles. The largest absolute Gasteiger partial charge is 0.358 e. The summed E-state index contributed by atoms with van der Waals surface area (Å²) in [7, 11) is 0. The lowest BCUT2D eigenvalue weighted by Gasteiger charge is -2.08. The first-order valence-electron chi connectivity index (χ1n) is 6.26. The molecule has 1 N–H and O–H groups in total. The molecule has 17 heavy (non-hydrogen) atoms. The van der Waals surface area contributed by atoms with Gasteiger partial charge in [0.15, 0.2) is 5.78 Å². The van der Waals surface area contributed by atoms with Gasteiger partial charge in [-0.2, -0.15) is 0 Å². The zero-order chi connectivity index (χ0) is 12.4. The molecule has 0 radical (unpaired) electrons. The second-order valence-electron chi connectivity index (χ2n) is 4.72. The molecule has 2 aromatic rings. The molecule has 2 heteroatoms. The lowest BCUT2D eigenvalue weighted by Crippen LogP contribution is -2.11. The number of hydrogen-bond acceptors (Lipinski definition) is 1. The Morgan fingerprint density at radius 2 is 2.06 bits per heavy atom. The molecule has 0 bridgehead atoms. The van der Waals surface area contributed by atoms with Crippen LogP contribution in [0, 0.1) is 12.8 Å². The Labute approximate surface area is 102 Å². The van der Waals surface area contributed by atoms with Crippen molar-refractivity contribution in [1.29, 1.82) is 0 Å². The quantitative estimate of drug-likeness (QED) is 0.787. The Hall–Kier alpha value is -1.57. The highest BCUT2D eigenvalue weighted by atomic mass is 16.1. The van der Waals surface area contributed by atoms with Crippen LogP contribution >= 0.6 is 0 Å². The lowest BCUT2D eigenvalue weighted by molar-refractivity contribution is 0.0924. The molecule has 2 nitrogen and oxygen atoms in total. The molecule has 0 amide bonds. The van der Waals surface area contributed by atoms with Crippen molar-refractivity contribution in [3.63, 3.8) is 0 Å². The zero-order valence-corrected chi connectivity index (χ0v) is 10.7. The Kier molecular flexibility index (Phi) is 3.32. The summed E-state index contributed by atoms with van der Waals surface area (Å²) in [5.41, 5.74) is 2.91. The zero-order valence-electron chi connectivity index (χ0n) is 10.7. The Bertz CT molecular complexity index is 539. The second kappa shape index (κ2) is 4.74. The van der Waals surface area contributed by atoms with E-state index in [2.05, 4.69) is 11.9 Å². The van der Waals surface area contributed by atoms with Crippen molar-refractivity contribution < 1.29 is 4.79 Å². The standard InChI is InChI=1S/C15H19NO/c1-4-7-10(2)15(17)14-11(3)16-13-9-6-5-8-12(13)14/h5-6,8-10,16H,4,7H2,1-3H3. The summed E-state index contributed by atoms with van der Waals surface area (Å²) in [5, 5.41) is 1.05. The summed E-state index contributed by atoms with van der Waals surface area (Å²) < 4.78 is 0. The summed E-state index contributed by atoms with van der Waals surface area (Å²) in [6.45, 7) is 6.12. The van der Waals surface area contributed by atoms with E-state index in [0.717, 1.165) is 35.0 Å². The number of fused-ring (bicyclic) bond motifs is 1. The number of aromatic amines is 1. The van der Waals surface area contributed by atoms with E-state index in [1.807, 2.05) is 38.1 Å². The van der Waals surface area contributed by atoms with Crippen molar-refractivity contribution in [2.24, 2.45) is 5.92 Å². The fourth-order valence-corrected chi connectivity index (χ4v) is 2.40. The maximum atomic E-state index is 12.4. The third-order valence-electron chi connectivity index (χ3n) is 3.31. The van der Waals surface area contributed by atoms with Crippen molar-refractivity contribution in [2.45, 2.75) is 33.6 Å². The lowest BCUT2D eigenvalue weighted by atomic mass is 9.93. The van der Waals surface area contributed by atoms with Crippen LogP contribution in [0.2, 0.25) is 0 Å². The van der Waals surface area contributed by atoms with Crippen LogP contribution in [0.25, 0.3) is 10.9 Å². The van der Waals surface area contributed by atoms with Crippen LogP contribution in [0.3, 0.4) is 0 Å². The molecule has 90 valence electrons. The predicted molar refractivity (Wildman–Crippen MR) is 71.4 cm³/mol. The van der Waals surface area contributed by atoms with Crippen molar-refractivity contribution in [1.82, 2.24) is 4.98 Å². The van der Waals surface area contributed by atoms with Gasteiger partial charge in [0.25, 0.3) is 0 Å². The fourth-order valence-electron chi connectivity index (χ4n) is 2.40. The number of carbonyl (C=O) groups excluding carboxylic acids is 1. The van der Waals surface area contributed by atoms with E-state index in [9.17, 15) is 4.79 Å². The van der Waals surface area contributed by atoms with Gasteiger partial charge in [-0.3, -0.25) is 4.79 Å². The molecule has 1 aromatic carbocycles. The molecule has 2 rings (SSSR count). The Morgan fingerprint density at radius 1 is 1.35 bits per heavy atom. The van der Waals surface area contributed by atoms with Gasteiger partial charge in [-0.15, -0.1) is 0 Å². The molecular formula is C15H19NO. The topological polar surface area (TPSA) is 32.9 Å².